The van der Waals surface area contributed by atoms with E-state index in [4.69, 9.17) is 10.5 Å². The van der Waals surface area contributed by atoms with Crippen molar-refractivity contribution in [2.45, 2.75) is 19.9 Å². The Hall–Kier alpha value is -1.10. The van der Waals surface area contributed by atoms with Crippen LogP contribution >= 0.6 is 11.8 Å². The van der Waals surface area contributed by atoms with Gasteiger partial charge in [-0.15, -0.1) is 0 Å². The van der Waals surface area contributed by atoms with Gasteiger partial charge in [0.05, 0.1) is 18.0 Å². The molecule has 1 unspecified atom stereocenters. The highest BCUT2D eigenvalue weighted by Gasteiger charge is 2.15. The molecule has 0 aliphatic heterocycles. The molecule has 0 spiro atoms. The van der Waals surface area contributed by atoms with E-state index in [0.717, 1.165) is 11.4 Å². The van der Waals surface area contributed by atoms with Gasteiger partial charge in [0.2, 0.25) is 0 Å². The molecule has 1 rings (SSSR count). The SMILES string of the molecule is CCOc1cc(N(C)C(C)CSC)c(N)cc1F. The third-order valence-electron chi connectivity index (χ3n) is 2.83. The van der Waals surface area contributed by atoms with Crippen LogP contribution in [0.5, 0.6) is 5.75 Å². The number of thioether (sulfide) groups is 1. The van der Waals surface area contributed by atoms with E-state index in [1.165, 1.54) is 6.07 Å². The van der Waals surface area contributed by atoms with Crippen molar-refractivity contribution in [2.75, 3.05) is 36.3 Å². The first-order valence-electron chi connectivity index (χ1n) is 5.94. The van der Waals surface area contributed by atoms with Gasteiger partial charge in [-0.3, -0.25) is 0 Å². The molecule has 0 saturated carbocycles. The van der Waals surface area contributed by atoms with Gasteiger partial charge < -0.3 is 15.4 Å². The molecule has 0 fully saturated rings. The van der Waals surface area contributed by atoms with Gasteiger partial charge >= 0.3 is 0 Å². The molecule has 1 aromatic rings. The van der Waals surface area contributed by atoms with Crippen molar-refractivity contribution in [2.24, 2.45) is 0 Å². The van der Waals surface area contributed by atoms with Crippen LogP contribution in [0.15, 0.2) is 12.1 Å². The number of nitrogens with two attached hydrogens (primary N) is 1. The molecule has 3 nitrogen and oxygen atoms in total. The van der Waals surface area contributed by atoms with E-state index in [-0.39, 0.29) is 5.75 Å². The summed E-state index contributed by atoms with van der Waals surface area (Å²) >= 11 is 1.77. The zero-order valence-electron chi connectivity index (χ0n) is 11.4. The van der Waals surface area contributed by atoms with Crippen LogP contribution in [0.4, 0.5) is 15.8 Å². The van der Waals surface area contributed by atoms with Crippen LogP contribution in [0.1, 0.15) is 13.8 Å². The molecule has 0 saturated heterocycles. The summed E-state index contributed by atoms with van der Waals surface area (Å²) < 4.78 is 18.9. The number of hydrogen-bond donors (Lipinski definition) is 1. The van der Waals surface area contributed by atoms with Crippen molar-refractivity contribution in [1.82, 2.24) is 0 Å². The van der Waals surface area contributed by atoms with Gasteiger partial charge in [-0.25, -0.2) is 4.39 Å². The zero-order chi connectivity index (χ0) is 13.7. The van der Waals surface area contributed by atoms with E-state index in [2.05, 4.69) is 13.2 Å². The Morgan fingerprint density at radius 3 is 2.72 bits per heavy atom. The van der Waals surface area contributed by atoms with Crippen molar-refractivity contribution in [3.8, 4) is 5.75 Å². The maximum absolute atomic E-state index is 13.6. The van der Waals surface area contributed by atoms with Gasteiger partial charge in [0.15, 0.2) is 11.6 Å². The molecular formula is C13H21FN2OS. The van der Waals surface area contributed by atoms with E-state index in [0.29, 0.717) is 18.3 Å². The molecule has 1 aromatic carbocycles. The number of halogens is 1. The Morgan fingerprint density at radius 2 is 2.17 bits per heavy atom. The first-order valence-corrected chi connectivity index (χ1v) is 7.34. The van der Waals surface area contributed by atoms with Crippen LogP contribution in [0, 0.1) is 5.82 Å². The molecule has 0 aromatic heterocycles. The Kier molecular flexibility index (Phi) is 5.59. The lowest BCUT2D eigenvalue weighted by Gasteiger charge is -2.28. The largest absolute Gasteiger partial charge is 0.491 e. The Balaban J connectivity index is 3.03. The summed E-state index contributed by atoms with van der Waals surface area (Å²) in [5, 5.41) is 0. The van der Waals surface area contributed by atoms with Crippen molar-refractivity contribution in [3.05, 3.63) is 17.9 Å². The smallest absolute Gasteiger partial charge is 0.167 e. The standard InChI is InChI=1S/C13H21FN2OS/c1-5-17-13-7-12(11(15)6-10(13)14)16(3)9(2)8-18-4/h6-7,9H,5,8,15H2,1-4H3. The first-order chi connectivity index (χ1) is 8.51. The normalized spacial score (nSPS) is 12.3. The number of nitrogen functional groups attached to an aromatic ring is 1. The second-order valence-electron chi connectivity index (χ2n) is 4.19. The highest BCUT2D eigenvalue weighted by Crippen LogP contribution is 2.31. The molecule has 102 valence electrons. The number of nitrogens with zero attached hydrogens (tertiary/aromatic N) is 1. The van der Waals surface area contributed by atoms with E-state index >= 15 is 0 Å². The molecule has 0 radical (unpaired) electrons. The Morgan fingerprint density at radius 1 is 1.50 bits per heavy atom. The maximum atomic E-state index is 13.6. The fourth-order valence-electron chi connectivity index (χ4n) is 1.72. The Bertz CT molecular complexity index is 401. The minimum atomic E-state index is -0.413. The summed E-state index contributed by atoms with van der Waals surface area (Å²) in [5.41, 5.74) is 7.12. The number of ether oxygens (including phenoxy) is 1. The van der Waals surface area contributed by atoms with Gasteiger partial charge in [0.25, 0.3) is 0 Å². The fourth-order valence-corrected chi connectivity index (χ4v) is 2.43. The minimum Gasteiger partial charge on any atom is -0.491 e. The van der Waals surface area contributed by atoms with Crippen molar-refractivity contribution in [1.29, 1.82) is 0 Å². The van der Waals surface area contributed by atoms with Crippen LogP contribution in [0.2, 0.25) is 0 Å². The van der Waals surface area contributed by atoms with Crippen LogP contribution in [0.25, 0.3) is 0 Å². The summed E-state index contributed by atoms with van der Waals surface area (Å²) in [5.74, 6) is 0.825. The quantitative estimate of drug-likeness (QED) is 0.808. The molecule has 0 aliphatic carbocycles. The predicted octanol–water partition coefficient (Wildman–Crippen LogP) is 2.99. The lowest BCUT2D eigenvalue weighted by molar-refractivity contribution is 0.321. The second kappa shape index (κ2) is 6.73. The first kappa shape index (κ1) is 15.0. The molecule has 0 amide bonds. The summed E-state index contributed by atoms with van der Waals surface area (Å²) in [6.07, 6.45) is 2.06. The lowest BCUT2D eigenvalue weighted by atomic mass is 10.2. The van der Waals surface area contributed by atoms with Gasteiger partial charge in [0.1, 0.15) is 0 Å². The van der Waals surface area contributed by atoms with E-state index in [9.17, 15) is 4.39 Å². The predicted molar refractivity (Wildman–Crippen MR) is 78.2 cm³/mol. The number of anilines is 2. The van der Waals surface area contributed by atoms with Gasteiger partial charge in [0, 0.05) is 31.0 Å². The topological polar surface area (TPSA) is 38.5 Å². The highest BCUT2D eigenvalue weighted by molar-refractivity contribution is 7.98. The number of hydrogen-bond acceptors (Lipinski definition) is 4. The Labute approximate surface area is 112 Å². The number of rotatable bonds is 6. The minimum absolute atomic E-state index is 0.255. The van der Waals surface area contributed by atoms with E-state index < -0.39 is 5.82 Å². The van der Waals surface area contributed by atoms with Crippen LogP contribution in [-0.2, 0) is 0 Å². The molecule has 0 heterocycles. The monoisotopic (exact) mass is 272 g/mol. The van der Waals surface area contributed by atoms with Crippen molar-refractivity contribution >= 4 is 23.1 Å². The molecule has 0 aliphatic rings. The molecule has 18 heavy (non-hydrogen) atoms. The van der Waals surface area contributed by atoms with Crippen LogP contribution in [0.3, 0.4) is 0 Å². The summed E-state index contributed by atoms with van der Waals surface area (Å²) in [6.45, 7) is 4.37. The summed E-state index contributed by atoms with van der Waals surface area (Å²) in [4.78, 5) is 2.05. The van der Waals surface area contributed by atoms with E-state index in [1.807, 2.05) is 18.9 Å². The average Bonchev–Trinajstić information content (AvgIpc) is 2.32. The molecular weight excluding hydrogens is 251 g/mol. The van der Waals surface area contributed by atoms with Crippen molar-refractivity contribution in [3.63, 3.8) is 0 Å². The molecule has 1 atom stereocenters. The van der Waals surface area contributed by atoms with E-state index in [1.54, 1.807) is 17.8 Å². The van der Waals surface area contributed by atoms with Gasteiger partial charge in [-0.1, -0.05) is 0 Å². The van der Waals surface area contributed by atoms with Crippen LogP contribution in [-0.4, -0.2) is 31.7 Å². The maximum Gasteiger partial charge on any atom is 0.167 e. The fraction of sp³-hybridized carbons (Fsp3) is 0.538. The van der Waals surface area contributed by atoms with Crippen LogP contribution < -0.4 is 15.4 Å². The van der Waals surface area contributed by atoms with Gasteiger partial charge in [-0.05, 0) is 20.1 Å². The third-order valence-corrected chi connectivity index (χ3v) is 3.65. The lowest BCUT2D eigenvalue weighted by Crippen LogP contribution is -2.31. The van der Waals surface area contributed by atoms with Crippen molar-refractivity contribution < 1.29 is 9.13 Å². The molecule has 2 N–H and O–H groups in total. The summed E-state index contributed by atoms with van der Waals surface area (Å²) in [7, 11) is 1.96. The highest BCUT2D eigenvalue weighted by atomic mass is 32.2. The second-order valence-corrected chi connectivity index (χ2v) is 5.10. The van der Waals surface area contributed by atoms with Gasteiger partial charge in [-0.2, -0.15) is 11.8 Å². The molecule has 5 heteroatoms. The number of benzene rings is 1. The summed E-state index contributed by atoms with van der Waals surface area (Å²) in [6, 6.07) is 3.32. The third kappa shape index (κ3) is 3.45. The average molecular weight is 272 g/mol. The zero-order valence-corrected chi connectivity index (χ0v) is 12.2. The molecule has 0 bridgehead atoms.